The molecule has 0 aromatic rings. The summed E-state index contributed by atoms with van der Waals surface area (Å²) in [6.45, 7) is 6.47. The Balaban J connectivity index is 2.20. The Hall–Kier alpha value is -0.530. The van der Waals surface area contributed by atoms with E-state index in [4.69, 9.17) is 0 Å². The minimum atomic E-state index is 0.353. The van der Waals surface area contributed by atoms with Gasteiger partial charge in [0.2, 0.25) is 5.91 Å². The van der Waals surface area contributed by atoms with Crippen molar-refractivity contribution < 1.29 is 4.79 Å². The van der Waals surface area contributed by atoms with Crippen LogP contribution in [0.4, 0.5) is 0 Å². The summed E-state index contributed by atoms with van der Waals surface area (Å²) in [6, 6.07) is 0. The Morgan fingerprint density at radius 3 is 1.95 bits per heavy atom. The molecule has 2 nitrogen and oxygen atoms in total. The Morgan fingerprint density at radius 1 is 0.810 bits per heavy atom. The lowest BCUT2D eigenvalue weighted by atomic mass is 10.1. The van der Waals surface area contributed by atoms with Gasteiger partial charge < -0.3 is 4.90 Å². The fourth-order valence-electron chi connectivity index (χ4n) is 3.37. The van der Waals surface area contributed by atoms with Crippen LogP contribution in [0.5, 0.6) is 0 Å². The quantitative estimate of drug-likeness (QED) is 0.432. The second-order valence-corrected chi connectivity index (χ2v) is 6.78. The monoisotopic (exact) mass is 295 g/mol. The van der Waals surface area contributed by atoms with Crippen LogP contribution in [0, 0.1) is 5.92 Å². The SMILES string of the molecule is CCCCCCCCCN(CCCC)C(=O)C1CCCC1. The predicted octanol–water partition coefficient (Wildman–Crippen LogP) is 5.56. The van der Waals surface area contributed by atoms with Crippen LogP contribution in [0.25, 0.3) is 0 Å². The van der Waals surface area contributed by atoms with Gasteiger partial charge in [-0.3, -0.25) is 4.79 Å². The Bertz CT molecular complexity index is 258. The van der Waals surface area contributed by atoms with Gasteiger partial charge in [0.25, 0.3) is 0 Å². The highest BCUT2D eigenvalue weighted by Crippen LogP contribution is 2.26. The second kappa shape index (κ2) is 12.1. The molecule has 0 bridgehead atoms. The standard InChI is InChI=1S/C19H37NO/c1-3-5-7-8-9-10-13-17-20(16-6-4-2)19(21)18-14-11-12-15-18/h18H,3-17H2,1-2H3. The first kappa shape index (κ1) is 18.5. The van der Waals surface area contributed by atoms with Crippen LogP contribution < -0.4 is 0 Å². The van der Waals surface area contributed by atoms with Crippen molar-refractivity contribution in [1.82, 2.24) is 4.90 Å². The van der Waals surface area contributed by atoms with Gasteiger partial charge in [-0.25, -0.2) is 0 Å². The van der Waals surface area contributed by atoms with Gasteiger partial charge in [-0.2, -0.15) is 0 Å². The van der Waals surface area contributed by atoms with Gasteiger partial charge in [-0.05, 0) is 25.7 Å². The van der Waals surface area contributed by atoms with Crippen molar-refractivity contribution in [2.75, 3.05) is 13.1 Å². The van der Waals surface area contributed by atoms with Gasteiger partial charge in [0.05, 0.1) is 0 Å². The van der Waals surface area contributed by atoms with Crippen molar-refractivity contribution in [2.45, 2.75) is 97.3 Å². The first-order valence-corrected chi connectivity index (χ1v) is 9.58. The van der Waals surface area contributed by atoms with Crippen molar-refractivity contribution in [3.63, 3.8) is 0 Å². The third-order valence-corrected chi connectivity index (χ3v) is 4.83. The number of carbonyl (C=O) groups excluding carboxylic acids is 1. The zero-order chi connectivity index (χ0) is 15.3. The number of amides is 1. The van der Waals surface area contributed by atoms with Crippen molar-refractivity contribution in [3.05, 3.63) is 0 Å². The van der Waals surface area contributed by atoms with Gasteiger partial charge in [-0.1, -0.05) is 71.6 Å². The third-order valence-electron chi connectivity index (χ3n) is 4.83. The largest absolute Gasteiger partial charge is 0.342 e. The minimum absolute atomic E-state index is 0.353. The Labute approximate surface area is 132 Å². The fraction of sp³-hybridized carbons (Fsp3) is 0.947. The molecule has 0 aliphatic heterocycles. The van der Waals surface area contributed by atoms with Crippen LogP contribution >= 0.6 is 0 Å². The highest BCUT2D eigenvalue weighted by atomic mass is 16.2. The first-order valence-electron chi connectivity index (χ1n) is 9.58. The molecule has 1 saturated carbocycles. The first-order chi connectivity index (χ1) is 10.3. The normalized spacial score (nSPS) is 15.5. The van der Waals surface area contributed by atoms with E-state index >= 15 is 0 Å². The molecule has 0 heterocycles. The maximum absolute atomic E-state index is 12.6. The van der Waals surface area contributed by atoms with Crippen molar-refractivity contribution in [3.8, 4) is 0 Å². The van der Waals surface area contributed by atoms with E-state index in [-0.39, 0.29) is 0 Å². The molecule has 0 radical (unpaired) electrons. The van der Waals surface area contributed by atoms with Crippen LogP contribution in [0.15, 0.2) is 0 Å². The molecular weight excluding hydrogens is 258 g/mol. The summed E-state index contributed by atoms with van der Waals surface area (Å²) >= 11 is 0. The Morgan fingerprint density at radius 2 is 1.33 bits per heavy atom. The predicted molar refractivity (Wildman–Crippen MR) is 91.4 cm³/mol. The van der Waals surface area contributed by atoms with E-state index in [1.165, 1.54) is 64.2 Å². The molecule has 0 aromatic heterocycles. The molecule has 0 spiro atoms. The number of carbonyl (C=O) groups is 1. The van der Waals surface area contributed by atoms with E-state index in [9.17, 15) is 4.79 Å². The molecule has 0 unspecified atom stereocenters. The summed E-state index contributed by atoms with van der Waals surface area (Å²) in [6.07, 6.45) is 16.4. The number of rotatable bonds is 12. The van der Waals surface area contributed by atoms with E-state index in [0.717, 1.165) is 32.4 Å². The van der Waals surface area contributed by atoms with Gasteiger partial charge >= 0.3 is 0 Å². The molecule has 21 heavy (non-hydrogen) atoms. The van der Waals surface area contributed by atoms with Crippen molar-refractivity contribution in [1.29, 1.82) is 0 Å². The summed E-state index contributed by atoms with van der Waals surface area (Å²) in [5.41, 5.74) is 0. The summed E-state index contributed by atoms with van der Waals surface area (Å²) < 4.78 is 0. The zero-order valence-corrected chi connectivity index (χ0v) is 14.5. The molecule has 1 aliphatic carbocycles. The molecule has 0 aromatic carbocycles. The summed E-state index contributed by atoms with van der Waals surface area (Å²) in [7, 11) is 0. The second-order valence-electron chi connectivity index (χ2n) is 6.78. The third kappa shape index (κ3) is 7.87. The van der Waals surface area contributed by atoms with Gasteiger partial charge in [0, 0.05) is 19.0 Å². The summed E-state index contributed by atoms with van der Waals surface area (Å²) in [5, 5.41) is 0. The van der Waals surface area contributed by atoms with Gasteiger partial charge in [0.15, 0.2) is 0 Å². The molecule has 0 atom stereocenters. The van der Waals surface area contributed by atoms with Crippen LogP contribution in [0.1, 0.15) is 97.3 Å². The number of unbranched alkanes of at least 4 members (excludes halogenated alkanes) is 7. The van der Waals surface area contributed by atoms with Crippen molar-refractivity contribution >= 4 is 5.91 Å². The van der Waals surface area contributed by atoms with E-state index in [1.54, 1.807) is 0 Å². The molecule has 0 saturated heterocycles. The van der Waals surface area contributed by atoms with Crippen LogP contribution in [0.2, 0.25) is 0 Å². The average molecular weight is 296 g/mol. The molecule has 1 aliphatic rings. The molecule has 1 amide bonds. The fourth-order valence-corrected chi connectivity index (χ4v) is 3.37. The number of nitrogens with zero attached hydrogens (tertiary/aromatic N) is 1. The lowest BCUT2D eigenvalue weighted by Crippen LogP contribution is -2.36. The number of hydrogen-bond acceptors (Lipinski definition) is 1. The van der Waals surface area contributed by atoms with E-state index in [2.05, 4.69) is 18.7 Å². The summed E-state index contributed by atoms with van der Waals surface area (Å²) in [5.74, 6) is 0.818. The molecule has 2 heteroatoms. The molecular formula is C19H37NO. The lowest BCUT2D eigenvalue weighted by molar-refractivity contribution is -0.135. The highest BCUT2D eigenvalue weighted by molar-refractivity contribution is 5.79. The van der Waals surface area contributed by atoms with Crippen LogP contribution in [-0.2, 0) is 4.79 Å². The van der Waals surface area contributed by atoms with E-state index < -0.39 is 0 Å². The van der Waals surface area contributed by atoms with E-state index in [0.29, 0.717) is 11.8 Å². The van der Waals surface area contributed by atoms with Gasteiger partial charge in [-0.15, -0.1) is 0 Å². The summed E-state index contributed by atoms with van der Waals surface area (Å²) in [4.78, 5) is 14.8. The van der Waals surface area contributed by atoms with Gasteiger partial charge in [0.1, 0.15) is 0 Å². The average Bonchev–Trinajstić information content (AvgIpc) is 3.03. The molecule has 1 fully saturated rings. The highest BCUT2D eigenvalue weighted by Gasteiger charge is 2.26. The lowest BCUT2D eigenvalue weighted by Gasteiger charge is -2.25. The Kier molecular flexibility index (Phi) is 10.6. The molecule has 0 N–H and O–H groups in total. The maximum atomic E-state index is 12.6. The smallest absolute Gasteiger partial charge is 0.225 e. The van der Waals surface area contributed by atoms with Crippen LogP contribution in [0.3, 0.4) is 0 Å². The van der Waals surface area contributed by atoms with Crippen molar-refractivity contribution in [2.24, 2.45) is 5.92 Å². The van der Waals surface area contributed by atoms with E-state index in [1.807, 2.05) is 0 Å². The maximum Gasteiger partial charge on any atom is 0.225 e. The minimum Gasteiger partial charge on any atom is -0.342 e. The van der Waals surface area contributed by atoms with Crippen LogP contribution in [-0.4, -0.2) is 23.9 Å². The zero-order valence-electron chi connectivity index (χ0n) is 14.5. The molecule has 124 valence electrons. The topological polar surface area (TPSA) is 20.3 Å². The molecule has 1 rings (SSSR count). The number of hydrogen-bond donors (Lipinski definition) is 0.